The Kier molecular flexibility index (Phi) is 9.65. The Bertz CT molecular complexity index is 1200. The number of carbonyl (C=O) groups is 1. The van der Waals surface area contributed by atoms with Gasteiger partial charge in [0, 0.05) is 28.2 Å². The molecule has 3 aromatic rings. The van der Waals surface area contributed by atoms with Crippen molar-refractivity contribution in [3.05, 3.63) is 69.8 Å². The summed E-state index contributed by atoms with van der Waals surface area (Å²) in [6.45, 7) is 2.26. The van der Waals surface area contributed by atoms with Gasteiger partial charge < -0.3 is 19.8 Å². The third kappa shape index (κ3) is 6.94. The van der Waals surface area contributed by atoms with Crippen LogP contribution in [-0.4, -0.2) is 52.8 Å². The fraction of sp³-hybridized carbons (Fsp3) is 0.448. The minimum Gasteiger partial charge on any atom is -0.497 e. The lowest BCUT2D eigenvalue weighted by Crippen LogP contribution is -2.44. The van der Waals surface area contributed by atoms with Crippen LogP contribution in [-0.2, 0) is 11.2 Å². The Balaban J connectivity index is 1.30. The minimum atomic E-state index is -0.758. The highest BCUT2D eigenvalue weighted by molar-refractivity contribution is 6.35. The highest BCUT2D eigenvalue weighted by Crippen LogP contribution is 2.34. The van der Waals surface area contributed by atoms with Crippen LogP contribution in [0.25, 0.3) is 10.9 Å². The van der Waals surface area contributed by atoms with E-state index >= 15 is 0 Å². The van der Waals surface area contributed by atoms with Gasteiger partial charge in [-0.3, -0.25) is 9.78 Å². The molecule has 4 rings (SSSR count). The lowest BCUT2D eigenvalue weighted by Gasteiger charge is -2.37. The van der Waals surface area contributed by atoms with E-state index in [1.807, 2.05) is 42.5 Å². The van der Waals surface area contributed by atoms with Gasteiger partial charge in [-0.15, -0.1) is 0 Å². The Labute approximate surface area is 228 Å². The van der Waals surface area contributed by atoms with Crippen LogP contribution in [0.3, 0.4) is 0 Å². The molecule has 1 saturated heterocycles. The molecule has 1 fully saturated rings. The number of hydrogen-bond acceptors (Lipinski definition) is 5. The van der Waals surface area contributed by atoms with E-state index in [9.17, 15) is 15.0 Å². The zero-order valence-corrected chi connectivity index (χ0v) is 22.6. The molecule has 0 saturated carbocycles. The maximum absolute atomic E-state index is 12.1. The number of methoxy groups -OCH3 is 1. The molecule has 37 heavy (non-hydrogen) atoms. The molecule has 8 heteroatoms. The zero-order chi connectivity index (χ0) is 26.4. The van der Waals surface area contributed by atoms with Gasteiger partial charge in [0.1, 0.15) is 5.75 Å². The molecule has 0 aliphatic carbocycles. The molecule has 198 valence electrons. The summed E-state index contributed by atoms with van der Waals surface area (Å²) in [7, 11) is 1.61. The predicted octanol–water partition coefficient (Wildman–Crippen LogP) is 6.41. The van der Waals surface area contributed by atoms with Crippen molar-refractivity contribution in [3.8, 4) is 5.75 Å². The van der Waals surface area contributed by atoms with Crippen LogP contribution in [0.1, 0.15) is 49.3 Å². The number of aromatic nitrogens is 1. The van der Waals surface area contributed by atoms with E-state index in [0.29, 0.717) is 35.2 Å². The zero-order valence-electron chi connectivity index (χ0n) is 21.1. The van der Waals surface area contributed by atoms with Crippen LogP contribution in [0.5, 0.6) is 5.75 Å². The molecule has 1 aromatic heterocycles. The average molecular weight is 546 g/mol. The first-order valence-electron chi connectivity index (χ1n) is 12.9. The Morgan fingerprint density at radius 1 is 1.19 bits per heavy atom. The summed E-state index contributed by atoms with van der Waals surface area (Å²) in [5, 5.41) is 23.2. The van der Waals surface area contributed by atoms with Gasteiger partial charge in [0.2, 0.25) is 0 Å². The van der Waals surface area contributed by atoms with Crippen molar-refractivity contribution in [2.75, 3.05) is 26.7 Å². The number of carboxylic acid groups (broad SMARTS) is 1. The molecule has 1 aliphatic rings. The molecular weight excluding hydrogens is 511 g/mol. The summed E-state index contributed by atoms with van der Waals surface area (Å²) in [5.41, 5.74) is 2.57. The number of likely N-dealkylation sites (tertiary alicyclic amines) is 1. The van der Waals surface area contributed by atoms with Gasteiger partial charge in [0.25, 0.3) is 0 Å². The summed E-state index contributed by atoms with van der Waals surface area (Å²) in [4.78, 5) is 18.8. The van der Waals surface area contributed by atoms with Crippen molar-refractivity contribution >= 4 is 40.1 Å². The van der Waals surface area contributed by atoms with Crippen molar-refractivity contribution in [1.82, 2.24) is 9.88 Å². The monoisotopic (exact) mass is 544 g/mol. The smallest absolute Gasteiger partial charge is 0.308 e. The van der Waals surface area contributed by atoms with Gasteiger partial charge in [-0.2, -0.15) is 0 Å². The van der Waals surface area contributed by atoms with Crippen molar-refractivity contribution in [2.45, 2.75) is 44.6 Å². The van der Waals surface area contributed by atoms with E-state index in [-0.39, 0.29) is 5.92 Å². The van der Waals surface area contributed by atoms with Crippen LogP contribution >= 0.6 is 23.2 Å². The summed E-state index contributed by atoms with van der Waals surface area (Å²) in [6.07, 6.45) is 5.69. The second kappa shape index (κ2) is 12.9. The normalized spacial score (nSPS) is 19.1. The van der Waals surface area contributed by atoms with E-state index in [2.05, 4.69) is 9.88 Å². The second-order valence-electron chi connectivity index (χ2n) is 9.83. The molecule has 3 atom stereocenters. The largest absolute Gasteiger partial charge is 0.497 e. The van der Waals surface area contributed by atoms with Gasteiger partial charge in [-0.05, 0) is 105 Å². The Hall–Kier alpha value is -2.38. The molecule has 0 bridgehead atoms. The van der Waals surface area contributed by atoms with Crippen molar-refractivity contribution in [3.63, 3.8) is 0 Å². The summed E-state index contributed by atoms with van der Waals surface area (Å²) < 4.78 is 5.34. The van der Waals surface area contributed by atoms with Crippen LogP contribution < -0.4 is 4.74 Å². The first kappa shape index (κ1) is 27.6. The molecule has 0 spiro atoms. The molecule has 2 aromatic carbocycles. The van der Waals surface area contributed by atoms with Gasteiger partial charge >= 0.3 is 5.97 Å². The second-order valence-corrected chi connectivity index (χ2v) is 10.6. The number of halogens is 2. The van der Waals surface area contributed by atoms with E-state index < -0.39 is 18.0 Å². The fourth-order valence-corrected chi connectivity index (χ4v) is 5.98. The van der Waals surface area contributed by atoms with Crippen molar-refractivity contribution in [2.24, 2.45) is 11.8 Å². The molecule has 0 amide bonds. The van der Waals surface area contributed by atoms with Gasteiger partial charge in [-0.25, -0.2) is 0 Å². The SMILES string of the molecule is COc1ccc2nccc([C@H](O)CC[C@@H]3CCN(CCCCc4c(Cl)cccc4Cl)C[C@@H]3C(=O)O)c2c1. The van der Waals surface area contributed by atoms with Crippen LogP contribution in [0.15, 0.2) is 48.7 Å². The first-order chi connectivity index (χ1) is 17.9. The minimum absolute atomic E-state index is 0.0352. The topological polar surface area (TPSA) is 82.9 Å². The maximum Gasteiger partial charge on any atom is 0.308 e. The van der Waals surface area contributed by atoms with E-state index in [0.717, 1.165) is 60.8 Å². The number of piperidine rings is 1. The van der Waals surface area contributed by atoms with E-state index in [4.69, 9.17) is 27.9 Å². The Morgan fingerprint density at radius 2 is 1.97 bits per heavy atom. The summed E-state index contributed by atoms with van der Waals surface area (Å²) >= 11 is 12.5. The lowest BCUT2D eigenvalue weighted by atomic mass is 9.81. The van der Waals surface area contributed by atoms with Crippen LogP contribution in [0, 0.1) is 11.8 Å². The maximum atomic E-state index is 12.1. The molecule has 1 aliphatic heterocycles. The summed E-state index contributed by atoms with van der Waals surface area (Å²) in [6, 6.07) is 13.0. The number of fused-ring (bicyclic) bond motifs is 1. The number of hydrogen-bond donors (Lipinski definition) is 2. The quantitative estimate of drug-likeness (QED) is 0.271. The number of aliphatic carboxylic acids is 1. The van der Waals surface area contributed by atoms with Gasteiger partial charge in [0.05, 0.1) is 24.6 Å². The molecule has 2 heterocycles. The number of benzene rings is 2. The van der Waals surface area contributed by atoms with Crippen molar-refractivity contribution < 1.29 is 19.7 Å². The highest BCUT2D eigenvalue weighted by Gasteiger charge is 2.34. The number of unbranched alkanes of at least 4 members (excludes halogenated alkanes) is 1. The van der Waals surface area contributed by atoms with E-state index in [1.165, 1.54) is 0 Å². The van der Waals surface area contributed by atoms with Gasteiger partial charge in [-0.1, -0.05) is 29.3 Å². The molecule has 6 nitrogen and oxygen atoms in total. The number of rotatable bonds is 11. The lowest BCUT2D eigenvalue weighted by molar-refractivity contribution is -0.146. The molecular formula is C29H34Cl2N2O4. The van der Waals surface area contributed by atoms with Crippen LogP contribution in [0.4, 0.5) is 0 Å². The van der Waals surface area contributed by atoms with E-state index in [1.54, 1.807) is 13.3 Å². The number of nitrogens with zero attached hydrogens (tertiary/aromatic N) is 2. The molecule has 0 unspecified atom stereocenters. The van der Waals surface area contributed by atoms with Crippen LogP contribution in [0.2, 0.25) is 10.0 Å². The Morgan fingerprint density at radius 3 is 2.70 bits per heavy atom. The highest BCUT2D eigenvalue weighted by atomic mass is 35.5. The number of carboxylic acids is 1. The average Bonchev–Trinajstić information content (AvgIpc) is 2.90. The number of aliphatic hydroxyl groups is 1. The predicted molar refractivity (Wildman–Crippen MR) is 148 cm³/mol. The summed E-state index contributed by atoms with van der Waals surface area (Å²) in [5.74, 6) is -0.449. The number of aliphatic hydroxyl groups excluding tert-OH is 1. The number of pyridine rings is 1. The van der Waals surface area contributed by atoms with Gasteiger partial charge in [0.15, 0.2) is 0 Å². The molecule has 0 radical (unpaired) electrons. The standard InChI is InChI=1S/C29H34Cl2N2O4/c1-37-20-9-10-27-23(17-20)21(12-14-32-27)28(34)11-8-19-13-16-33(18-24(19)29(35)36)15-3-2-5-22-25(30)6-4-7-26(22)31/h4,6-7,9-10,12,14,17,19,24,28,34H,2-3,5,8,11,13,15-16,18H2,1H3,(H,35,36)/t19-,24+,28-/m1/s1. The third-order valence-corrected chi connectivity index (χ3v) is 8.23. The molecule has 2 N–H and O–H groups in total. The first-order valence-corrected chi connectivity index (χ1v) is 13.6. The van der Waals surface area contributed by atoms with Crippen molar-refractivity contribution in [1.29, 1.82) is 0 Å². The fourth-order valence-electron chi connectivity index (χ4n) is 5.40. The number of ether oxygens (including phenoxy) is 1. The third-order valence-electron chi connectivity index (χ3n) is 7.52.